The summed E-state index contributed by atoms with van der Waals surface area (Å²) in [4.78, 5) is 33.6. The molecule has 144 valence electrons. The van der Waals surface area contributed by atoms with Crippen LogP contribution in [-0.4, -0.2) is 16.8 Å². The molecule has 3 aliphatic rings. The van der Waals surface area contributed by atoms with Crippen molar-refractivity contribution < 1.29 is 9.59 Å². The van der Waals surface area contributed by atoms with E-state index in [1.54, 1.807) is 0 Å². The Morgan fingerprint density at radius 3 is 2.18 bits per heavy atom. The number of thiazole rings is 1. The number of carbonyl (C=O) groups excluding carboxylic acids is 2. The van der Waals surface area contributed by atoms with Gasteiger partial charge in [-0.25, -0.2) is 9.88 Å². The molecule has 2 saturated carbocycles. The quantitative estimate of drug-likeness (QED) is 0.499. The number of anilines is 1. The highest BCUT2D eigenvalue weighted by Gasteiger charge is 2.64. The monoisotopic (exact) mass is 412 g/mol. The number of aryl methyl sites for hydroxylation is 1. The Morgan fingerprint density at radius 1 is 1.07 bits per heavy atom. The molecule has 3 fully saturated rings. The number of imide groups is 1. The molecule has 1 aliphatic heterocycles. The van der Waals surface area contributed by atoms with Crippen molar-refractivity contribution in [3.8, 4) is 11.3 Å². The van der Waals surface area contributed by atoms with E-state index in [9.17, 15) is 9.59 Å². The summed E-state index contributed by atoms with van der Waals surface area (Å²) in [5.74, 6) is -0.0372. The molecular weight excluding hydrogens is 392 g/mol. The van der Waals surface area contributed by atoms with Gasteiger partial charge in [0.1, 0.15) is 0 Å². The summed E-state index contributed by atoms with van der Waals surface area (Å²) in [7, 11) is 0. The molecule has 0 radical (unpaired) electrons. The van der Waals surface area contributed by atoms with Crippen LogP contribution in [0.5, 0.6) is 0 Å². The number of halogens is 1. The molecule has 2 aromatic rings. The summed E-state index contributed by atoms with van der Waals surface area (Å²) in [5.41, 5.74) is 4.40. The lowest BCUT2D eigenvalue weighted by molar-refractivity contribution is -0.123. The third-order valence-electron chi connectivity index (χ3n) is 6.52. The van der Waals surface area contributed by atoms with Gasteiger partial charge in [0.15, 0.2) is 5.13 Å². The Morgan fingerprint density at radius 2 is 1.64 bits per heavy atom. The van der Waals surface area contributed by atoms with Gasteiger partial charge in [-0.3, -0.25) is 9.59 Å². The normalized spacial score (nSPS) is 28.4. The highest BCUT2D eigenvalue weighted by molar-refractivity contribution is 7.16. The topological polar surface area (TPSA) is 50.3 Å². The molecule has 5 rings (SSSR count). The summed E-state index contributed by atoms with van der Waals surface area (Å²) in [5, 5.41) is 1.17. The molecule has 6 heteroatoms. The zero-order chi connectivity index (χ0) is 19.7. The second kappa shape index (κ2) is 6.26. The molecule has 2 amide bonds. The van der Waals surface area contributed by atoms with E-state index >= 15 is 0 Å². The number of rotatable bonds is 2. The Bertz CT molecular complexity index is 1000. The van der Waals surface area contributed by atoms with Crippen LogP contribution < -0.4 is 4.90 Å². The first-order valence-electron chi connectivity index (χ1n) is 9.67. The molecule has 1 aromatic heterocycles. The Kier molecular flexibility index (Phi) is 4.04. The van der Waals surface area contributed by atoms with Gasteiger partial charge in [0.05, 0.1) is 17.5 Å². The molecule has 2 aliphatic carbocycles. The maximum atomic E-state index is 13.3. The molecule has 0 N–H and O–H groups in total. The fourth-order valence-electron chi connectivity index (χ4n) is 5.53. The van der Waals surface area contributed by atoms with Gasteiger partial charge in [-0.15, -0.1) is 11.3 Å². The van der Waals surface area contributed by atoms with Crippen LogP contribution in [0, 0.1) is 30.6 Å². The molecule has 1 saturated heterocycles. The lowest BCUT2D eigenvalue weighted by atomic mass is 9.81. The smallest absolute Gasteiger partial charge is 0.240 e. The number of amides is 2. The van der Waals surface area contributed by atoms with Crippen LogP contribution in [0.15, 0.2) is 35.4 Å². The number of benzene rings is 1. The second-order valence-corrected chi connectivity index (χ2v) is 9.84. The second-order valence-electron chi connectivity index (χ2n) is 8.22. The lowest BCUT2D eigenvalue weighted by Crippen LogP contribution is -2.33. The minimum absolute atomic E-state index is 0.0580. The largest absolute Gasteiger partial charge is 0.274 e. The Labute approximate surface area is 173 Å². The van der Waals surface area contributed by atoms with Gasteiger partial charge < -0.3 is 0 Å². The van der Waals surface area contributed by atoms with Crippen molar-refractivity contribution in [1.82, 2.24) is 4.98 Å². The predicted octanol–water partition coefficient (Wildman–Crippen LogP) is 5.25. The van der Waals surface area contributed by atoms with Crippen LogP contribution in [0.25, 0.3) is 11.3 Å². The summed E-state index contributed by atoms with van der Waals surface area (Å²) in [6.07, 6.45) is 2.04. The van der Waals surface area contributed by atoms with E-state index in [-0.39, 0.29) is 35.5 Å². The van der Waals surface area contributed by atoms with Crippen LogP contribution >= 0.6 is 22.9 Å². The minimum atomic E-state index is -0.195. The number of hydrogen-bond donors (Lipinski definition) is 0. The zero-order valence-electron chi connectivity index (χ0n) is 16.0. The minimum Gasteiger partial charge on any atom is -0.274 e. The van der Waals surface area contributed by atoms with Crippen molar-refractivity contribution in [2.24, 2.45) is 23.7 Å². The van der Waals surface area contributed by atoms with E-state index in [1.807, 2.05) is 31.2 Å². The first-order valence-corrected chi connectivity index (χ1v) is 10.9. The van der Waals surface area contributed by atoms with Gasteiger partial charge in [0, 0.05) is 15.5 Å². The van der Waals surface area contributed by atoms with E-state index in [0.717, 1.165) is 29.0 Å². The van der Waals surface area contributed by atoms with Crippen LogP contribution in [0.1, 0.15) is 31.6 Å². The maximum absolute atomic E-state index is 13.3. The van der Waals surface area contributed by atoms with Gasteiger partial charge >= 0.3 is 0 Å². The molecule has 4 atom stereocenters. The van der Waals surface area contributed by atoms with Crippen LogP contribution in [0.2, 0.25) is 5.02 Å². The van der Waals surface area contributed by atoms with Crippen LogP contribution in [0.4, 0.5) is 5.13 Å². The summed E-state index contributed by atoms with van der Waals surface area (Å²) in [6, 6.07) is 7.48. The number of carbonyl (C=O) groups is 2. The van der Waals surface area contributed by atoms with Crippen molar-refractivity contribution in [3.63, 3.8) is 0 Å². The van der Waals surface area contributed by atoms with E-state index < -0.39 is 0 Å². The number of aromatic nitrogens is 1. The maximum Gasteiger partial charge on any atom is 0.240 e. The molecule has 2 heterocycles. The highest BCUT2D eigenvalue weighted by Crippen LogP contribution is 2.60. The fourth-order valence-corrected chi connectivity index (χ4v) is 6.60. The van der Waals surface area contributed by atoms with Crippen LogP contribution in [-0.2, 0) is 9.59 Å². The van der Waals surface area contributed by atoms with E-state index in [0.29, 0.717) is 10.2 Å². The van der Waals surface area contributed by atoms with Crippen molar-refractivity contribution in [1.29, 1.82) is 0 Å². The number of nitrogens with zero attached hydrogens (tertiary/aromatic N) is 2. The van der Waals surface area contributed by atoms with Gasteiger partial charge in [-0.05, 0) is 57.6 Å². The van der Waals surface area contributed by atoms with Gasteiger partial charge in [-0.1, -0.05) is 34.9 Å². The predicted molar refractivity (Wildman–Crippen MR) is 111 cm³/mol. The van der Waals surface area contributed by atoms with Crippen molar-refractivity contribution >= 4 is 39.9 Å². The zero-order valence-corrected chi connectivity index (χ0v) is 17.6. The lowest BCUT2D eigenvalue weighted by Gasteiger charge is -2.18. The average molecular weight is 413 g/mol. The summed E-state index contributed by atoms with van der Waals surface area (Å²) >= 11 is 7.40. The first-order chi connectivity index (χ1) is 13.4. The third-order valence-corrected chi connectivity index (χ3v) is 7.73. The number of fused-ring (bicyclic) bond motifs is 5. The van der Waals surface area contributed by atoms with E-state index in [4.69, 9.17) is 16.6 Å². The van der Waals surface area contributed by atoms with Crippen molar-refractivity contribution in [2.45, 2.75) is 33.6 Å². The van der Waals surface area contributed by atoms with Crippen LogP contribution in [0.3, 0.4) is 0 Å². The molecule has 28 heavy (non-hydrogen) atoms. The number of hydrogen-bond acceptors (Lipinski definition) is 4. The Hall–Kier alpha value is -1.98. The molecule has 2 bridgehead atoms. The SMILES string of the molecule is CC(C)=C1[C@@H]2CC[C@@H]1[C@@H]1C(=O)N(c3nc(-c4ccc(Cl)cc4)c(C)s3)C(=O)[C@H]12. The molecule has 4 nitrogen and oxygen atoms in total. The average Bonchev–Trinajstić information content (AvgIpc) is 3.37. The van der Waals surface area contributed by atoms with E-state index in [2.05, 4.69) is 13.8 Å². The fraction of sp³-hybridized carbons (Fsp3) is 0.409. The number of allylic oxidation sites excluding steroid dienone is 2. The standard InChI is InChI=1S/C22H21ClN2O2S/c1-10(2)16-14-8-9-15(16)18-17(14)20(26)25(21(18)27)22-24-19(11(3)28-22)12-4-6-13(23)7-5-12/h4-7,14-15,17-18H,8-9H2,1-3H3/t14-,15-,17-,18-/m0/s1. The first kappa shape index (κ1) is 18.1. The van der Waals surface area contributed by atoms with Crippen molar-refractivity contribution in [3.05, 3.63) is 45.3 Å². The highest BCUT2D eigenvalue weighted by atomic mass is 35.5. The van der Waals surface area contributed by atoms with Gasteiger partial charge in [0.25, 0.3) is 0 Å². The summed E-state index contributed by atoms with van der Waals surface area (Å²) in [6.45, 7) is 6.19. The van der Waals surface area contributed by atoms with Crippen molar-refractivity contribution in [2.75, 3.05) is 4.90 Å². The third kappa shape index (κ3) is 2.39. The summed E-state index contributed by atoms with van der Waals surface area (Å²) < 4.78 is 0. The Balaban J connectivity index is 1.52. The molecule has 0 unspecified atom stereocenters. The molecule has 0 spiro atoms. The molecular formula is C22H21ClN2O2S. The van der Waals surface area contributed by atoms with Gasteiger partial charge in [0.2, 0.25) is 11.8 Å². The van der Waals surface area contributed by atoms with E-state index in [1.165, 1.54) is 27.4 Å². The van der Waals surface area contributed by atoms with Gasteiger partial charge in [-0.2, -0.15) is 0 Å². The molecule has 1 aromatic carbocycles.